The van der Waals surface area contributed by atoms with Crippen LogP contribution < -0.4 is 4.72 Å². The highest BCUT2D eigenvalue weighted by Gasteiger charge is 2.32. The van der Waals surface area contributed by atoms with E-state index in [1.165, 1.54) is 36.2 Å². The van der Waals surface area contributed by atoms with Gasteiger partial charge in [-0.3, -0.25) is 4.79 Å². The summed E-state index contributed by atoms with van der Waals surface area (Å²) in [7, 11) is -2.37. The summed E-state index contributed by atoms with van der Waals surface area (Å²) >= 11 is 0. The molecule has 1 heterocycles. The molecule has 120 valence electrons. The third-order valence-corrected chi connectivity index (χ3v) is 5.12. The number of amides is 1. The molecule has 1 amide bonds. The molecule has 1 atom stereocenters. The van der Waals surface area contributed by atoms with Crippen molar-refractivity contribution in [2.45, 2.75) is 30.2 Å². The lowest BCUT2D eigenvalue weighted by molar-refractivity contribution is -0.143. The second-order valence-corrected chi connectivity index (χ2v) is 6.97. The van der Waals surface area contributed by atoms with E-state index >= 15 is 0 Å². The van der Waals surface area contributed by atoms with Gasteiger partial charge in [0, 0.05) is 12.1 Å². The second kappa shape index (κ2) is 6.45. The molecule has 0 aromatic heterocycles. The van der Waals surface area contributed by atoms with Crippen LogP contribution in [0.1, 0.15) is 29.6 Å². The minimum absolute atomic E-state index is 0.0234. The summed E-state index contributed by atoms with van der Waals surface area (Å²) in [6, 6.07) is 4.75. The highest BCUT2D eigenvalue weighted by atomic mass is 32.2. The molecule has 1 aliphatic heterocycles. The van der Waals surface area contributed by atoms with Crippen molar-refractivity contribution in [1.29, 1.82) is 0 Å². The molecule has 0 bridgehead atoms. The zero-order chi connectivity index (χ0) is 16.3. The summed E-state index contributed by atoms with van der Waals surface area (Å²) in [6.45, 7) is 0.360. The summed E-state index contributed by atoms with van der Waals surface area (Å²) < 4.78 is 25.8. The van der Waals surface area contributed by atoms with E-state index in [-0.39, 0.29) is 10.5 Å². The van der Waals surface area contributed by atoms with Crippen LogP contribution in [-0.4, -0.2) is 49.9 Å². The smallest absolute Gasteiger partial charge is 0.326 e. The Morgan fingerprint density at radius 3 is 2.68 bits per heavy atom. The van der Waals surface area contributed by atoms with Crippen LogP contribution in [0.3, 0.4) is 0 Å². The standard InChI is InChI=1S/C14H18N2O5S/c1-15-22(20,21)11-6-4-5-10(9-11)13(17)16-8-3-2-7-12(16)14(18)19/h4-6,9,12,15H,2-3,7-8H2,1H3,(H,18,19). The van der Waals surface area contributed by atoms with Crippen molar-refractivity contribution in [2.24, 2.45) is 0 Å². The molecule has 1 unspecified atom stereocenters. The molecular weight excluding hydrogens is 308 g/mol. The third kappa shape index (κ3) is 3.28. The molecule has 0 radical (unpaired) electrons. The van der Waals surface area contributed by atoms with Crippen molar-refractivity contribution < 1.29 is 23.1 Å². The molecule has 7 nitrogen and oxygen atoms in total. The van der Waals surface area contributed by atoms with Crippen LogP contribution in [0.5, 0.6) is 0 Å². The maximum absolute atomic E-state index is 12.5. The number of carboxylic acids is 1. The zero-order valence-electron chi connectivity index (χ0n) is 12.2. The fourth-order valence-electron chi connectivity index (χ4n) is 2.51. The van der Waals surface area contributed by atoms with E-state index in [0.29, 0.717) is 13.0 Å². The number of hydrogen-bond donors (Lipinski definition) is 2. The van der Waals surface area contributed by atoms with E-state index in [9.17, 15) is 23.1 Å². The fourth-order valence-corrected chi connectivity index (χ4v) is 3.29. The number of piperidine rings is 1. The topological polar surface area (TPSA) is 104 Å². The molecule has 1 aromatic carbocycles. The predicted molar refractivity (Wildman–Crippen MR) is 79.0 cm³/mol. The zero-order valence-corrected chi connectivity index (χ0v) is 13.0. The van der Waals surface area contributed by atoms with Crippen LogP contribution >= 0.6 is 0 Å². The van der Waals surface area contributed by atoms with Crippen molar-refractivity contribution in [3.63, 3.8) is 0 Å². The molecular formula is C14H18N2O5S. The number of carbonyl (C=O) groups excluding carboxylic acids is 1. The van der Waals surface area contributed by atoms with Crippen molar-refractivity contribution in [1.82, 2.24) is 9.62 Å². The summed E-state index contributed by atoms with van der Waals surface area (Å²) in [6.07, 6.45) is 1.91. The number of rotatable bonds is 4. The Morgan fingerprint density at radius 2 is 2.05 bits per heavy atom. The summed E-state index contributed by atoms with van der Waals surface area (Å²) in [5, 5.41) is 9.23. The van der Waals surface area contributed by atoms with Crippen molar-refractivity contribution in [3.05, 3.63) is 29.8 Å². The van der Waals surface area contributed by atoms with Gasteiger partial charge in [0.25, 0.3) is 5.91 Å². The Kier molecular flexibility index (Phi) is 4.82. The van der Waals surface area contributed by atoms with Crippen LogP contribution in [0.4, 0.5) is 0 Å². The first-order valence-corrected chi connectivity index (χ1v) is 8.42. The molecule has 2 N–H and O–H groups in total. The number of carbonyl (C=O) groups is 2. The van der Waals surface area contributed by atoms with Crippen molar-refractivity contribution in [3.8, 4) is 0 Å². The lowest BCUT2D eigenvalue weighted by Gasteiger charge is -2.33. The van der Waals surface area contributed by atoms with Gasteiger partial charge in [-0.05, 0) is 44.5 Å². The molecule has 22 heavy (non-hydrogen) atoms. The highest BCUT2D eigenvalue weighted by molar-refractivity contribution is 7.89. The lowest BCUT2D eigenvalue weighted by atomic mass is 10.0. The number of benzene rings is 1. The maximum Gasteiger partial charge on any atom is 0.326 e. The number of carboxylic acid groups (broad SMARTS) is 1. The monoisotopic (exact) mass is 326 g/mol. The van der Waals surface area contributed by atoms with E-state index in [4.69, 9.17) is 0 Å². The van der Waals surface area contributed by atoms with E-state index in [2.05, 4.69) is 4.72 Å². The Hall–Kier alpha value is -1.93. The number of nitrogens with zero attached hydrogens (tertiary/aromatic N) is 1. The van der Waals surface area contributed by atoms with Gasteiger partial charge in [0.2, 0.25) is 10.0 Å². The number of likely N-dealkylation sites (tertiary alicyclic amines) is 1. The molecule has 0 saturated carbocycles. The van der Waals surface area contributed by atoms with E-state index in [1.807, 2.05) is 0 Å². The minimum Gasteiger partial charge on any atom is -0.480 e. The number of nitrogens with one attached hydrogen (secondary N) is 1. The van der Waals surface area contributed by atoms with E-state index in [1.54, 1.807) is 0 Å². The van der Waals surface area contributed by atoms with Gasteiger partial charge in [-0.1, -0.05) is 6.07 Å². The third-order valence-electron chi connectivity index (χ3n) is 3.71. The van der Waals surface area contributed by atoms with Crippen LogP contribution in [0.25, 0.3) is 0 Å². The normalized spacial score (nSPS) is 19.0. The van der Waals surface area contributed by atoms with Gasteiger partial charge in [0.15, 0.2) is 0 Å². The minimum atomic E-state index is -3.65. The summed E-state index contributed by atoms with van der Waals surface area (Å²) in [5.41, 5.74) is 0.171. The van der Waals surface area contributed by atoms with Crippen LogP contribution in [0.2, 0.25) is 0 Å². The number of sulfonamides is 1. The van der Waals surface area contributed by atoms with Gasteiger partial charge >= 0.3 is 5.97 Å². The molecule has 8 heteroatoms. The van der Waals surface area contributed by atoms with Gasteiger partial charge in [0.1, 0.15) is 6.04 Å². The van der Waals surface area contributed by atoms with Crippen LogP contribution in [0.15, 0.2) is 29.2 Å². The Morgan fingerprint density at radius 1 is 1.32 bits per heavy atom. The Bertz CT molecular complexity index is 686. The fraction of sp³-hybridized carbons (Fsp3) is 0.429. The predicted octanol–water partition coefficient (Wildman–Crippen LogP) is 0.674. The largest absolute Gasteiger partial charge is 0.480 e. The van der Waals surface area contributed by atoms with Gasteiger partial charge in [-0.2, -0.15) is 0 Å². The highest BCUT2D eigenvalue weighted by Crippen LogP contribution is 2.21. The maximum atomic E-state index is 12.5. The van der Waals surface area contributed by atoms with Crippen LogP contribution in [-0.2, 0) is 14.8 Å². The molecule has 0 aliphatic carbocycles. The van der Waals surface area contributed by atoms with Crippen molar-refractivity contribution in [2.75, 3.05) is 13.6 Å². The molecule has 1 aliphatic rings. The first-order chi connectivity index (χ1) is 10.4. The van der Waals surface area contributed by atoms with Gasteiger partial charge < -0.3 is 10.0 Å². The number of aliphatic carboxylic acids is 1. The average Bonchev–Trinajstić information content (AvgIpc) is 2.54. The van der Waals surface area contributed by atoms with Crippen molar-refractivity contribution >= 4 is 21.9 Å². The molecule has 1 fully saturated rings. The first kappa shape index (κ1) is 16.4. The summed E-state index contributed by atoms with van der Waals surface area (Å²) in [4.78, 5) is 25.1. The first-order valence-electron chi connectivity index (χ1n) is 6.94. The Balaban J connectivity index is 2.33. The van der Waals surface area contributed by atoms with Gasteiger partial charge in [0.05, 0.1) is 4.90 Å². The van der Waals surface area contributed by atoms with Crippen LogP contribution in [0, 0.1) is 0 Å². The van der Waals surface area contributed by atoms with E-state index in [0.717, 1.165) is 12.8 Å². The average molecular weight is 326 g/mol. The molecule has 1 aromatic rings. The quantitative estimate of drug-likeness (QED) is 0.846. The lowest BCUT2D eigenvalue weighted by Crippen LogP contribution is -2.48. The number of hydrogen-bond acceptors (Lipinski definition) is 4. The van der Waals surface area contributed by atoms with E-state index < -0.39 is 27.9 Å². The summed E-state index contributed by atoms with van der Waals surface area (Å²) in [5.74, 6) is -1.49. The van der Waals surface area contributed by atoms with Gasteiger partial charge in [-0.15, -0.1) is 0 Å². The molecule has 1 saturated heterocycles. The molecule has 2 rings (SSSR count). The second-order valence-electron chi connectivity index (χ2n) is 5.08. The van der Waals surface area contributed by atoms with Gasteiger partial charge in [-0.25, -0.2) is 17.9 Å². The SMILES string of the molecule is CNS(=O)(=O)c1cccc(C(=O)N2CCCCC2C(=O)O)c1. The Labute approximate surface area is 129 Å². The molecule has 0 spiro atoms.